The highest BCUT2D eigenvalue weighted by atomic mass is 35.5. The zero-order valence-electron chi connectivity index (χ0n) is 32.1. The van der Waals surface area contributed by atoms with E-state index in [9.17, 15) is 24.0 Å². The molecule has 1 unspecified atom stereocenters. The minimum atomic E-state index is -0.983. The number of benzene rings is 3. The molecule has 3 aromatic rings. The summed E-state index contributed by atoms with van der Waals surface area (Å²) in [5.41, 5.74) is 3.71. The summed E-state index contributed by atoms with van der Waals surface area (Å²) in [5, 5.41) is 2.59. The van der Waals surface area contributed by atoms with Gasteiger partial charge < -0.3 is 14.5 Å². The highest BCUT2D eigenvalue weighted by Crippen LogP contribution is 2.59. The Bertz CT molecular complexity index is 2400. The molecule has 5 heterocycles. The molecule has 12 nitrogen and oxygen atoms in total. The van der Waals surface area contributed by atoms with Crippen LogP contribution in [0.5, 0.6) is 5.75 Å². The number of nitrogens with zero attached hydrogens (tertiary/aromatic N) is 5. The van der Waals surface area contributed by atoms with Gasteiger partial charge in [-0.2, -0.15) is 0 Å². The van der Waals surface area contributed by atoms with Gasteiger partial charge in [-0.25, -0.2) is 4.85 Å². The fourth-order valence-corrected chi connectivity index (χ4v) is 10.5. The monoisotopic (exact) mass is 784 g/mol. The Kier molecular flexibility index (Phi) is 8.54. The van der Waals surface area contributed by atoms with Crippen molar-refractivity contribution in [3.63, 3.8) is 0 Å². The van der Waals surface area contributed by atoms with Crippen LogP contribution in [0.1, 0.15) is 82.7 Å². The van der Waals surface area contributed by atoms with E-state index >= 15 is 0 Å². The van der Waals surface area contributed by atoms with Crippen molar-refractivity contribution >= 4 is 52.5 Å². The lowest BCUT2D eigenvalue weighted by molar-refractivity contribution is -0.199. The summed E-state index contributed by atoms with van der Waals surface area (Å²) in [6.07, 6.45) is 0.0333. The van der Waals surface area contributed by atoms with E-state index in [4.69, 9.17) is 22.9 Å². The minimum Gasteiger partial charge on any atom is -0.489 e. The Balaban J connectivity index is 0.783. The SMILES string of the molecule is [C-]#[N+]c1ccc(OC2C(C)(C)C(N3Cc4cc(C#CC5CN(C6CN(c7ccc8c(c7)C(=O)N(C7CCC(=O)NC7=O)C8=O)C6)C5)ccc4C3=O)C2(C)C)cc1Cl. The molecule has 5 aliphatic heterocycles. The van der Waals surface area contributed by atoms with Crippen molar-refractivity contribution in [2.24, 2.45) is 16.7 Å². The zero-order chi connectivity index (χ0) is 40.1. The molecule has 1 atom stereocenters. The fraction of sp³-hybridized carbons (Fsp3) is 0.409. The fourth-order valence-electron chi connectivity index (χ4n) is 10.3. The van der Waals surface area contributed by atoms with Crippen molar-refractivity contribution in [2.45, 2.75) is 71.3 Å². The van der Waals surface area contributed by atoms with Gasteiger partial charge in [-0.05, 0) is 60.5 Å². The Labute approximate surface area is 335 Å². The molecule has 3 saturated heterocycles. The van der Waals surface area contributed by atoms with E-state index in [2.05, 4.69) is 59.5 Å². The van der Waals surface area contributed by atoms with Crippen LogP contribution in [0.2, 0.25) is 5.02 Å². The molecule has 57 heavy (non-hydrogen) atoms. The number of fused-ring (bicyclic) bond motifs is 2. The molecule has 5 amide bonds. The van der Waals surface area contributed by atoms with Gasteiger partial charge in [0.25, 0.3) is 17.7 Å². The lowest BCUT2D eigenvalue weighted by atomic mass is 9.49. The molecule has 1 aliphatic carbocycles. The molecule has 0 spiro atoms. The third-order valence-corrected chi connectivity index (χ3v) is 13.1. The highest BCUT2D eigenvalue weighted by Gasteiger charge is 2.67. The standard InChI is InChI=1S/C44H41ClN6O6/c1-43(2)41(44(3,4)42(43)57-29-10-13-34(46-5)33(45)18-29)50-21-26-16-24(8-11-30(26)38(50)54)6-7-25-19-48(20-25)28-22-49(23-28)27-9-12-31-32(17-27)40(56)51(39(31)55)35-14-15-36(52)47-37(35)53/h8-13,16-18,25,28,35,41-42H,14-15,19-23H2,1-4H3,(H,47,52,53). The Morgan fingerprint density at radius 3 is 2.28 bits per heavy atom. The van der Waals surface area contributed by atoms with Gasteiger partial charge >= 0.3 is 0 Å². The smallest absolute Gasteiger partial charge is 0.262 e. The van der Waals surface area contributed by atoms with Crippen LogP contribution in [-0.2, 0) is 16.1 Å². The average Bonchev–Trinajstić information content (AvgIpc) is 3.57. The van der Waals surface area contributed by atoms with Gasteiger partial charge in [0, 0.05) is 84.8 Å². The van der Waals surface area contributed by atoms with Crippen LogP contribution in [-0.4, -0.2) is 94.6 Å². The van der Waals surface area contributed by atoms with E-state index in [0.29, 0.717) is 34.6 Å². The molecular weight excluding hydrogens is 744 g/mol. The molecule has 1 N–H and O–H groups in total. The highest BCUT2D eigenvalue weighted by molar-refractivity contribution is 6.33. The third kappa shape index (κ3) is 5.88. The van der Waals surface area contributed by atoms with Crippen LogP contribution in [0.25, 0.3) is 4.85 Å². The number of hydrogen-bond donors (Lipinski definition) is 1. The number of amides is 5. The normalized spacial score (nSPS) is 25.1. The maximum absolute atomic E-state index is 13.8. The van der Waals surface area contributed by atoms with Crippen LogP contribution in [0, 0.1) is 35.2 Å². The second-order valence-electron chi connectivity index (χ2n) is 17.2. The van der Waals surface area contributed by atoms with Crippen LogP contribution < -0.4 is 15.0 Å². The van der Waals surface area contributed by atoms with Crippen molar-refractivity contribution < 1.29 is 28.7 Å². The number of nitrogens with one attached hydrogen (secondary N) is 1. The number of likely N-dealkylation sites (tertiary alicyclic amines) is 1. The van der Waals surface area contributed by atoms with Gasteiger partial charge in [0.05, 0.1) is 22.7 Å². The second-order valence-corrected chi connectivity index (χ2v) is 17.6. The van der Waals surface area contributed by atoms with Gasteiger partial charge in [-0.3, -0.25) is 39.1 Å². The molecule has 3 aromatic carbocycles. The number of anilines is 1. The van der Waals surface area contributed by atoms with Crippen molar-refractivity contribution in [1.29, 1.82) is 0 Å². The van der Waals surface area contributed by atoms with Gasteiger partial charge in [0.15, 0.2) is 0 Å². The lowest BCUT2D eigenvalue weighted by Gasteiger charge is -2.65. The van der Waals surface area contributed by atoms with E-state index in [1.54, 1.807) is 30.3 Å². The quantitative estimate of drug-likeness (QED) is 0.203. The summed E-state index contributed by atoms with van der Waals surface area (Å²) < 4.78 is 6.47. The zero-order valence-corrected chi connectivity index (χ0v) is 32.9. The number of halogens is 1. The van der Waals surface area contributed by atoms with Crippen LogP contribution in [0.4, 0.5) is 11.4 Å². The first-order chi connectivity index (χ1) is 27.1. The molecule has 13 heteroatoms. The Morgan fingerprint density at radius 2 is 1.58 bits per heavy atom. The first-order valence-electron chi connectivity index (χ1n) is 19.3. The van der Waals surface area contributed by atoms with Crippen molar-refractivity contribution in [2.75, 3.05) is 31.1 Å². The van der Waals surface area contributed by atoms with Crippen LogP contribution >= 0.6 is 11.6 Å². The molecule has 1 saturated carbocycles. The second kappa shape index (κ2) is 13.2. The molecule has 0 aromatic heterocycles. The molecule has 9 rings (SSSR count). The van der Waals surface area contributed by atoms with Gasteiger partial charge in [0.2, 0.25) is 17.5 Å². The predicted molar refractivity (Wildman–Crippen MR) is 211 cm³/mol. The van der Waals surface area contributed by atoms with Crippen LogP contribution in [0.15, 0.2) is 54.6 Å². The number of imide groups is 2. The number of ether oxygens (including phenoxy) is 1. The number of hydrogen-bond acceptors (Lipinski definition) is 8. The van der Waals surface area contributed by atoms with Crippen molar-refractivity contribution in [3.8, 4) is 17.6 Å². The summed E-state index contributed by atoms with van der Waals surface area (Å²) >= 11 is 6.29. The summed E-state index contributed by atoms with van der Waals surface area (Å²) in [6, 6.07) is 15.6. The van der Waals surface area contributed by atoms with Gasteiger partial charge in [-0.1, -0.05) is 57.2 Å². The maximum Gasteiger partial charge on any atom is 0.262 e. The molecule has 6 aliphatic rings. The summed E-state index contributed by atoms with van der Waals surface area (Å²) in [5.74, 6) is 5.66. The first kappa shape index (κ1) is 36.9. The first-order valence-corrected chi connectivity index (χ1v) is 19.7. The minimum absolute atomic E-state index is 0.0249. The summed E-state index contributed by atoms with van der Waals surface area (Å²) in [6.45, 7) is 19.6. The average molecular weight is 785 g/mol. The van der Waals surface area contributed by atoms with E-state index in [1.165, 1.54) is 0 Å². The lowest BCUT2D eigenvalue weighted by Crippen LogP contribution is -2.74. The van der Waals surface area contributed by atoms with E-state index in [-0.39, 0.29) is 58.8 Å². The third-order valence-electron chi connectivity index (χ3n) is 12.8. The number of carbonyl (C=O) groups excluding carboxylic acids is 5. The molecule has 0 radical (unpaired) electrons. The molecular formula is C44H41ClN6O6. The number of carbonyl (C=O) groups is 5. The van der Waals surface area contributed by atoms with Crippen molar-refractivity contribution in [1.82, 2.24) is 20.0 Å². The topological polar surface area (TPSA) is 124 Å². The van der Waals surface area contributed by atoms with E-state index in [0.717, 1.165) is 47.9 Å². The summed E-state index contributed by atoms with van der Waals surface area (Å²) in [4.78, 5) is 75.1. The van der Waals surface area contributed by atoms with Crippen LogP contribution in [0.3, 0.4) is 0 Å². The van der Waals surface area contributed by atoms with E-state index in [1.807, 2.05) is 29.2 Å². The molecule has 0 bridgehead atoms. The summed E-state index contributed by atoms with van der Waals surface area (Å²) in [7, 11) is 0. The molecule has 290 valence electrons. The largest absolute Gasteiger partial charge is 0.489 e. The van der Waals surface area contributed by atoms with Crippen molar-refractivity contribution in [3.05, 3.63) is 98.9 Å². The van der Waals surface area contributed by atoms with Gasteiger partial charge in [-0.15, -0.1) is 0 Å². The van der Waals surface area contributed by atoms with Gasteiger partial charge in [0.1, 0.15) is 17.9 Å². The molecule has 4 fully saturated rings. The Hall–Kier alpha value is -5.69. The number of rotatable bonds is 6. The predicted octanol–water partition coefficient (Wildman–Crippen LogP) is 5.30. The number of piperidine rings is 1. The van der Waals surface area contributed by atoms with E-state index < -0.39 is 29.7 Å². The maximum atomic E-state index is 13.8. The Morgan fingerprint density at radius 1 is 0.860 bits per heavy atom.